The molecule has 0 aliphatic rings. The van der Waals surface area contributed by atoms with Gasteiger partial charge in [-0.3, -0.25) is 9.59 Å². The van der Waals surface area contributed by atoms with E-state index >= 15 is 0 Å². The van der Waals surface area contributed by atoms with Gasteiger partial charge in [-0.2, -0.15) is 13.2 Å². The zero-order valence-corrected chi connectivity index (χ0v) is 12.8. The maximum atomic E-state index is 12.2. The second-order valence-corrected chi connectivity index (χ2v) is 5.18. The second-order valence-electron chi connectivity index (χ2n) is 5.18. The monoisotopic (exact) mass is 336 g/mol. The molecule has 0 heterocycles. The van der Waals surface area contributed by atoms with Gasteiger partial charge in [-0.05, 0) is 42.3 Å². The molecule has 0 aromatic heterocycles. The summed E-state index contributed by atoms with van der Waals surface area (Å²) in [5, 5.41) is 4.39. The van der Waals surface area contributed by atoms with Crippen LogP contribution >= 0.6 is 0 Å². The molecule has 0 bridgehead atoms. The van der Waals surface area contributed by atoms with Crippen molar-refractivity contribution in [3.63, 3.8) is 0 Å². The summed E-state index contributed by atoms with van der Waals surface area (Å²) in [4.78, 5) is 22.8. The molecule has 7 heteroatoms. The van der Waals surface area contributed by atoms with E-state index in [1.54, 1.807) is 5.32 Å². The van der Waals surface area contributed by atoms with Crippen molar-refractivity contribution >= 4 is 23.2 Å². The zero-order valence-electron chi connectivity index (χ0n) is 12.8. The highest BCUT2D eigenvalue weighted by molar-refractivity contribution is 5.96. The molecule has 2 aromatic carbocycles. The highest BCUT2D eigenvalue weighted by Gasteiger charge is 2.38. The van der Waals surface area contributed by atoms with Crippen molar-refractivity contribution in [2.24, 2.45) is 0 Å². The summed E-state index contributed by atoms with van der Waals surface area (Å²) >= 11 is 0. The lowest BCUT2D eigenvalue weighted by Gasteiger charge is -2.10. The molecule has 0 saturated heterocycles. The Morgan fingerprint density at radius 2 is 1.46 bits per heavy atom. The summed E-state index contributed by atoms with van der Waals surface area (Å²) in [5.74, 6) is -2.28. The van der Waals surface area contributed by atoms with Crippen LogP contribution in [0, 0.1) is 6.92 Å². The first kappa shape index (κ1) is 17.5. The third-order valence-corrected chi connectivity index (χ3v) is 3.30. The number of amides is 2. The maximum Gasteiger partial charge on any atom is 0.471 e. The van der Waals surface area contributed by atoms with E-state index < -0.39 is 12.1 Å². The fourth-order valence-electron chi connectivity index (χ4n) is 2.03. The van der Waals surface area contributed by atoms with Crippen molar-refractivity contribution in [1.29, 1.82) is 0 Å². The molecule has 2 amide bonds. The van der Waals surface area contributed by atoms with Gasteiger partial charge in [-0.15, -0.1) is 0 Å². The van der Waals surface area contributed by atoms with Gasteiger partial charge < -0.3 is 10.6 Å². The van der Waals surface area contributed by atoms with Crippen molar-refractivity contribution in [2.75, 3.05) is 10.6 Å². The van der Waals surface area contributed by atoms with Gasteiger partial charge in [-0.25, -0.2) is 0 Å². The summed E-state index contributed by atoms with van der Waals surface area (Å²) in [6.45, 7) is 1.90. The van der Waals surface area contributed by atoms with Gasteiger partial charge in [0.25, 0.3) is 0 Å². The van der Waals surface area contributed by atoms with E-state index in [0.717, 1.165) is 11.1 Å². The molecule has 0 aliphatic carbocycles. The van der Waals surface area contributed by atoms with Gasteiger partial charge in [-0.1, -0.05) is 24.3 Å². The van der Waals surface area contributed by atoms with Crippen LogP contribution in [0.1, 0.15) is 11.1 Å². The lowest BCUT2D eigenvalue weighted by molar-refractivity contribution is -0.167. The topological polar surface area (TPSA) is 58.2 Å². The number of nitrogens with one attached hydrogen (secondary N) is 2. The summed E-state index contributed by atoms with van der Waals surface area (Å²) < 4.78 is 36.5. The summed E-state index contributed by atoms with van der Waals surface area (Å²) in [6.07, 6.45) is -4.75. The lowest BCUT2D eigenvalue weighted by Crippen LogP contribution is -2.29. The number of carbonyl (C=O) groups is 2. The van der Waals surface area contributed by atoms with E-state index in [2.05, 4.69) is 5.32 Å². The second kappa shape index (κ2) is 7.16. The molecule has 0 atom stereocenters. The van der Waals surface area contributed by atoms with Gasteiger partial charge in [0.15, 0.2) is 0 Å². The van der Waals surface area contributed by atoms with Crippen molar-refractivity contribution in [3.05, 3.63) is 59.7 Å². The summed E-state index contributed by atoms with van der Waals surface area (Å²) in [6, 6.07) is 12.9. The van der Waals surface area contributed by atoms with Gasteiger partial charge in [0.1, 0.15) is 0 Å². The zero-order chi connectivity index (χ0) is 17.7. The van der Waals surface area contributed by atoms with Crippen LogP contribution in [0.25, 0.3) is 0 Å². The number of hydrogen-bond acceptors (Lipinski definition) is 2. The SMILES string of the molecule is Cc1ccccc1CC(=O)Nc1ccc(NC(=O)C(F)(F)F)cc1. The van der Waals surface area contributed by atoms with Crippen LogP contribution in [0.4, 0.5) is 24.5 Å². The number of benzene rings is 2. The largest absolute Gasteiger partial charge is 0.471 e. The number of rotatable bonds is 4. The third kappa shape index (κ3) is 4.84. The minimum atomic E-state index is -4.94. The van der Waals surface area contributed by atoms with Crippen LogP contribution in [-0.2, 0) is 16.0 Å². The van der Waals surface area contributed by atoms with Crippen molar-refractivity contribution in [1.82, 2.24) is 0 Å². The van der Waals surface area contributed by atoms with Crippen molar-refractivity contribution in [2.45, 2.75) is 19.5 Å². The number of halogens is 3. The number of aryl methyl sites for hydroxylation is 1. The first-order chi connectivity index (χ1) is 11.3. The Labute approximate surface area is 136 Å². The molecule has 2 aromatic rings. The average molecular weight is 336 g/mol. The molecule has 2 rings (SSSR count). The summed E-state index contributed by atoms with van der Waals surface area (Å²) in [5.41, 5.74) is 2.31. The van der Waals surface area contributed by atoms with Crippen molar-refractivity contribution < 1.29 is 22.8 Å². The predicted molar refractivity (Wildman–Crippen MR) is 84.6 cm³/mol. The number of anilines is 2. The van der Waals surface area contributed by atoms with Gasteiger partial charge in [0.2, 0.25) is 5.91 Å². The quantitative estimate of drug-likeness (QED) is 0.895. The molecule has 0 spiro atoms. The van der Waals surface area contributed by atoms with Crippen LogP contribution in [-0.4, -0.2) is 18.0 Å². The predicted octanol–water partition coefficient (Wildman–Crippen LogP) is 3.68. The number of hydrogen-bond donors (Lipinski definition) is 2. The minimum absolute atomic E-state index is 0.00534. The minimum Gasteiger partial charge on any atom is -0.326 e. The molecule has 4 nitrogen and oxygen atoms in total. The highest BCUT2D eigenvalue weighted by atomic mass is 19.4. The molecular formula is C17H15F3N2O2. The Morgan fingerprint density at radius 3 is 2.00 bits per heavy atom. The Hall–Kier alpha value is -2.83. The number of alkyl halides is 3. The van der Waals surface area contributed by atoms with Crippen LogP contribution in [0.15, 0.2) is 48.5 Å². The fraction of sp³-hybridized carbons (Fsp3) is 0.176. The van der Waals surface area contributed by atoms with Crippen LogP contribution in [0.3, 0.4) is 0 Å². The Kier molecular flexibility index (Phi) is 5.23. The first-order valence-corrected chi connectivity index (χ1v) is 7.08. The van der Waals surface area contributed by atoms with E-state index in [-0.39, 0.29) is 18.0 Å². The summed E-state index contributed by atoms with van der Waals surface area (Å²) in [7, 11) is 0. The normalized spacial score (nSPS) is 11.0. The molecule has 24 heavy (non-hydrogen) atoms. The van der Waals surface area contributed by atoms with E-state index in [1.165, 1.54) is 24.3 Å². The maximum absolute atomic E-state index is 12.2. The molecule has 126 valence electrons. The Bertz CT molecular complexity index is 740. The third-order valence-electron chi connectivity index (χ3n) is 3.30. The van der Waals surface area contributed by atoms with Crippen LogP contribution in [0.5, 0.6) is 0 Å². The standard InChI is InChI=1S/C17H15F3N2O2/c1-11-4-2-3-5-12(11)10-15(23)21-13-6-8-14(9-7-13)22-16(24)17(18,19)20/h2-9H,10H2,1H3,(H,21,23)(H,22,24). The molecular weight excluding hydrogens is 321 g/mol. The van der Waals surface area contributed by atoms with Crippen LogP contribution in [0.2, 0.25) is 0 Å². The van der Waals surface area contributed by atoms with E-state index in [1.807, 2.05) is 31.2 Å². The fourth-order valence-corrected chi connectivity index (χ4v) is 2.03. The molecule has 2 N–H and O–H groups in total. The van der Waals surface area contributed by atoms with Gasteiger partial charge >= 0.3 is 12.1 Å². The van der Waals surface area contributed by atoms with Crippen molar-refractivity contribution in [3.8, 4) is 0 Å². The van der Waals surface area contributed by atoms with E-state index in [0.29, 0.717) is 5.69 Å². The molecule has 0 unspecified atom stereocenters. The smallest absolute Gasteiger partial charge is 0.326 e. The Balaban J connectivity index is 1.95. The number of carbonyl (C=O) groups excluding carboxylic acids is 2. The molecule has 0 radical (unpaired) electrons. The molecule has 0 saturated carbocycles. The van der Waals surface area contributed by atoms with E-state index in [4.69, 9.17) is 0 Å². The molecule has 0 aliphatic heterocycles. The van der Waals surface area contributed by atoms with Gasteiger partial charge in [0.05, 0.1) is 6.42 Å². The lowest BCUT2D eigenvalue weighted by atomic mass is 10.1. The van der Waals surface area contributed by atoms with E-state index in [9.17, 15) is 22.8 Å². The van der Waals surface area contributed by atoms with Crippen LogP contribution < -0.4 is 10.6 Å². The average Bonchev–Trinajstić information content (AvgIpc) is 2.50. The Morgan fingerprint density at radius 1 is 0.917 bits per heavy atom. The first-order valence-electron chi connectivity index (χ1n) is 7.08. The highest BCUT2D eigenvalue weighted by Crippen LogP contribution is 2.20. The van der Waals surface area contributed by atoms with Gasteiger partial charge in [0, 0.05) is 11.4 Å². The molecule has 0 fully saturated rings.